The number of benzene rings is 1. The number of halogens is 1. The molecule has 1 aliphatic rings. The fourth-order valence-electron chi connectivity index (χ4n) is 2.68. The topological polar surface area (TPSA) is 96.1 Å². The van der Waals surface area contributed by atoms with Crippen LogP contribution in [-0.2, 0) is 16.6 Å². The number of aromatic nitrogens is 4. The molecule has 0 aliphatic heterocycles. The molecule has 148 valence electrons. The summed E-state index contributed by atoms with van der Waals surface area (Å²) in [6.07, 6.45) is 4.52. The number of ether oxygens (including phenoxy) is 1. The molecule has 0 saturated heterocycles. The van der Waals surface area contributed by atoms with Gasteiger partial charge in [0.15, 0.2) is 5.78 Å². The highest BCUT2D eigenvalue weighted by molar-refractivity contribution is 7.98. The Labute approximate surface area is 170 Å². The number of carbonyl (C=O) groups excluding carboxylic acids is 2. The first kappa shape index (κ1) is 20.3. The van der Waals surface area contributed by atoms with Crippen molar-refractivity contribution in [2.45, 2.75) is 24.7 Å². The maximum atomic E-state index is 13.2. The average molecular weight is 423 g/mol. The van der Waals surface area contributed by atoms with Crippen molar-refractivity contribution in [3.63, 3.8) is 0 Å². The second-order valence-electron chi connectivity index (χ2n) is 6.23. The predicted octanol–water partition coefficient (Wildman–Crippen LogP) is 2.42. The van der Waals surface area contributed by atoms with Crippen LogP contribution in [0.5, 0.6) is 0 Å². The average Bonchev–Trinajstić information content (AvgIpc) is 3.48. The highest BCUT2D eigenvalue weighted by Gasteiger charge is 2.36. The predicted molar refractivity (Wildman–Crippen MR) is 105 cm³/mol. The van der Waals surface area contributed by atoms with Gasteiger partial charge in [0.1, 0.15) is 11.3 Å². The van der Waals surface area contributed by atoms with E-state index < -0.39 is 11.5 Å². The van der Waals surface area contributed by atoms with Crippen LogP contribution in [0, 0.1) is 5.92 Å². The molecule has 10 heteroatoms. The van der Waals surface area contributed by atoms with E-state index in [0.717, 1.165) is 22.2 Å². The lowest BCUT2D eigenvalue weighted by Gasteiger charge is -2.14. The molecule has 0 radical (unpaired) electrons. The molecule has 8 nitrogen and oxygen atoms in total. The maximum Gasteiger partial charge on any atom is 0.368 e. The van der Waals surface area contributed by atoms with Crippen LogP contribution < -0.4 is 5.69 Å². The lowest BCUT2D eigenvalue weighted by Crippen LogP contribution is -2.23. The van der Waals surface area contributed by atoms with Crippen molar-refractivity contribution in [3.8, 4) is 5.69 Å². The zero-order valence-corrected chi connectivity index (χ0v) is 17.2. The number of carbonyl (C=O) groups is 2. The van der Waals surface area contributed by atoms with Gasteiger partial charge in [-0.3, -0.25) is 9.59 Å². The van der Waals surface area contributed by atoms with Gasteiger partial charge in [0.2, 0.25) is 5.78 Å². The van der Waals surface area contributed by atoms with E-state index in [-0.39, 0.29) is 33.5 Å². The van der Waals surface area contributed by atoms with Gasteiger partial charge in [0, 0.05) is 23.4 Å². The van der Waals surface area contributed by atoms with Crippen molar-refractivity contribution < 1.29 is 14.3 Å². The molecule has 0 N–H and O–H groups in total. The van der Waals surface area contributed by atoms with Crippen molar-refractivity contribution in [1.82, 2.24) is 19.8 Å². The smallest absolute Gasteiger partial charge is 0.368 e. The van der Waals surface area contributed by atoms with Gasteiger partial charge in [0.25, 0.3) is 0 Å². The Bertz CT molecular complexity index is 1020. The van der Waals surface area contributed by atoms with Gasteiger partial charge in [-0.2, -0.15) is 9.36 Å². The van der Waals surface area contributed by atoms with Gasteiger partial charge in [-0.15, -0.1) is 11.8 Å². The van der Waals surface area contributed by atoms with Crippen LogP contribution in [0.4, 0.5) is 0 Å². The van der Waals surface area contributed by atoms with Gasteiger partial charge in [0.05, 0.1) is 17.9 Å². The summed E-state index contributed by atoms with van der Waals surface area (Å²) in [4.78, 5) is 38.6. The molecule has 0 spiro atoms. The largest absolute Gasteiger partial charge is 0.501 e. The number of ketones is 2. The van der Waals surface area contributed by atoms with Crippen molar-refractivity contribution in [1.29, 1.82) is 0 Å². The Morgan fingerprint density at radius 2 is 2.07 bits per heavy atom. The molecule has 1 heterocycles. The third-order valence-corrected chi connectivity index (χ3v) is 5.42. The first-order chi connectivity index (χ1) is 13.4. The zero-order valence-electron chi connectivity index (χ0n) is 15.6. The Kier molecular flexibility index (Phi) is 6.04. The van der Waals surface area contributed by atoms with E-state index in [2.05, 4.69) is 10.4 Å². The molecule has 0 atom stereocenters. The summed E-state index contributed by atoms with van der Waals surface area (Å²) in [5.74, 6) is -0.828. The zero-order chi connectivity index (χ0) is 20.4. The second-order valence-corrected chi connectivity index (χ2v) is 7.45. The highest BCUT2D eigenvalue weighted by atomic mass is 35.5. The van der Waals surface area contributed by atoms with E-state index in [9.17, 15) is 14.4 Å². The molecule has 1 aliphatic carbocycles. The van der Waals surface area contributed by atoms with Crippen LogP contribution in [0.3, 0.4) is 0 Å². The van der Waals surface area contributed by atoms with Gasteiger partial charge in [-0.05, 0) is 48.6 Å². The van der Waals surface area contributed by atoms with Gasteiger partial charge in [-0.1, -0.05) is 11.6 Å². The number of nitrogens with zero attached hydrogens (tertiary/aromatic N) is 4. The number of Topliss-reactive ketones (excluding diaryl/α,β-unsaturated/α-hetero) is 2. The Morgan fingerprint density at radius 1 is 1.36 bits per heavy atom. The van der Waals surface area contributed by atoms with Crippen LogP contribution >= 0.6 is 23.4 Å². The van der Waals surface area contributed by atoms with Crippen molar-refractivity contribution >= 4 is 34.9 Å². The van der Waals surface area contributed by atoms with Crippen LogP contribution in [0.15, 0.2) is 33.7 Å². The van der Waals surface area contributed by atoms with Crippen LogP contribution in [-0.4, -0.2) is 44.2 Å². The quantitative estimate of drug-likeness (QED) is 0.161. The fraction of sp³-hybridized carbons (Fsp3) is 0.389. The van der Waals surface area contributed by atoms with Crippen molar-refractivity contribution in [2.75, 3.05) is 12.9 Å². The molecular formula is C18H19ClN4O4S. The molecule has 0 unspecified atom stereocenters. The number of hydrogen-bond donors (Lipinski definition) is 0. The van der Waals surface area contributed by atoms with E-state index in [1.807, 2.05) is 0 Å². The molecule has 3 rings (SSSR count). The summed E-state index contributed by atoms with van der Waals surface area (Å²) < 4.78 is 7.36. The summed E-state index contributed by atoms with van der Waals surface area (Å²) in [5.41, 5.74) is 0.0116. The van der Waals surface area contributed by atoms with Gasteiger partial charge in [-0.25, -0.2) is 4.79 Å². The number of tetrazole rings is 1. The van der Waals surface area contributed by atoms with E-state index in [4.69, 9.17) is 16.3 Å². The second kappa shape index (κ2) is 8.32. The number of hydrogen-bond acceptors (Lipinski definition) is 7. The minimum atomic E-state index is -0.499. The Hall–Kier alpha value is -2.39. The molecule has 2 aromatic rings. The maximum absolute atomic E-state index is 13.2. The molecule has 0 bridgehead atoms. The van der Waals surface area contributed by atoms with Crippen LogP contribution in [0.1, 0.15) is 30.1 Å². The minimum Gasteiger partial charge on any atom is -0.501 e. The fourth-order valence-corrected chi connectivity index (χ4v) is 3.75. The molecule has 1 fully saturated rings. The van der Waals surface area contributed by atoms with E-state index >= 15 is 0 Å². The standard InChI is InChI=1S/C18H19ClN4O4S/c1-4-27-9-12(15(24)10-5-6-10)16(25)11-7-8-13(19)14(17(11)28-3)23-18(26)22(2)20-21-23/h7-10H,4-6H2,1-3H3. The minimum absolute atomic E-state index is 0.000541. The first-order valence-corrected chi connectivity index (χ1v) is 10.3. The Balaban J connectivity index is 2.14. The molecule has 1 aromatic carbocycles. The first-order valence-electron chi connectivity index (χ1n) is 8.67. The molecular weight excluding hydrogens is 404 g/mol. The highest BCUT2D eigenvalue weighted by Crippen LogP contribution is 2.37. The lowest BCUT2D eigenvalue weighted by molar-refractivity contribution is -0.116. The summed E-state index contributed by atoms with van der Waals surface area (Å²) >= 11 is 7.55. The monoisotopic (exact) mass is 422 g/mol. The number of rotatable bonds is 8. The molecule has 1 saturated carbocycles. The van der Waals surface area contributed by atoms with E-state index in [1.165, 1.54) is 31.1 Å². The van der Waals surface area contributed by atoms with Crippen molar-refractivity contribution in [3.05, 3.63) is 45.0 Å². The Morgan fingerprint density at radius 3 is 2.61 bits per heavy atom. The molecule has 1 aromatic heterocycles. The lowest BCUT2D eigenvalue weighted by atomic mass is 9.98. The summed E-state index contributed by atoms with van der Waals surface area (Å²) in [6.45, 7) is 2.11. The van der Waals surface area contributed by atoms with Crippen LogP contribution in [0.2, 0.25) is 5.02 Å². The summed E-state index contributed by atoms with van der Waals surface area (Å²) in [5, 5.41) is 7.77. The summed E-state index contributed by atoms with van der Waals surface area (Å²) in [7, 11) is 1.46. The SMILES string of the molecule is CCOC=C(C(=O)c1ccc(Cl)c(-n2nnn(C)c2=O)c1SC)C(=O)C1CC1. The van der Waals surface area contributed by atoms with E-state index in [0.29, 0.717) is 11.5 Å². The van der Waals surface area contributed by atoms with Crippen molar-refractivity contribution in [2.24, 2.45) is 13.0 Å². The van der Waals surface area contributed by atoms with Gasteiger partial charge >= 0.3 is 5.69 Å². The third-order valence-electron chi connectivity index (χ3n) is 4.29. The number of aryl methyl sites for hydroxylation is 1. The normalized spacial score (nSPS) is 14.2. The summed E-state index contributed by atoms with van der Waals surface area (Å²) in [6, 6.07) is 3.05. The van der Waals surface area contributed by atoms with Gasteiger partial charge < -0.3 is 4.74 Å². The molecule has 0 amide bonds. The van der Waals surface area contributed by atoms with E-state index in [1.54, 1.807) is 19.2 Å². The molecule has 28 heavy (non-hydrogen) atoms. The third kappa shape index (κ3) is 3.77. The number of allylic oxidation sites excluding steroid dienone is 1. The number of thioether (sulfide) groups is 1. The van der Waals surface area contributed by atoms with Crippen LogP contribution in [0.25, 0.3) is 5.69 Å².